The molecule has 0 heterocycles. The van der Waals surface area contributed by atoms with E-state index in [2.05, 4.69) is 17.4 Å². The molecule has 1 aromatic rings. The molecular formula is C18H27NO2. The lowest BCUT2D eigenvalue weighted by Gasteiger charge is -2.14. The predicted octanol–water partition coefficient (Wildman–Crippen LogP) is 3.15. The van der Waals surface area contributed by atoms with Gasteiger partial charge in [0.1, 0.15) is 0 Å². The van der Waals surface area contributed by atoms with Gasteiger partial charge in [-0.05, 0) is 70.2 Å². The molecule has 0 amide bonds. The first-order valence-corrected chi connectivity index (χ1v) is 8.09. The average Bonchev–Trinajstić information content (AvgIpc) is 2.92. The minimum absolute atomic E-state index is 0.136. The Morgan fingerprint density at radius 3 is 2.76 bits per heavy atom. The van der Waals surface area contributed by atoms with Crippen molar-refractivity contribution in [3.8, 4) is 0 Å². The van der Waals surface area contributed by atoms with Gasteiger partial charge in [0.25, 0.3) is 0 Å². The summed E-state index contributed by atoms with van der Waals surface area (Å²) in [5, 5.41) is 3.29. The monoisotopic (exact) mass is 289 g/mol. The number of hydrogen-bond donors (Lipinski definition) is 1. The summed E-state index contributed by atoms with van der Waals surface area (Å²) in [5.74, 6) is 0.189. The van der Waals surface area contributed by atoms with Crippen LogP contribution in [0.4, 0.5) is 0 Å². The fraction of sp³-hybridized carbons (Fsp3) is 0.611. The third kappa shape index (κ3) is 4.65. The third-order valence-electron chi connectivity index (χ3n) is 4.00. The van der Waals surface area contributed by atoms with Gasteiger partial charge in [0.05, 0.1) is 12.1 Å². The summed E-state index contributed by atoms with van der Waals surface area (Å²) in [6.45, 7) is 7.56. The number of rotatable bonds is 8. The van der Waals surface area contributed by atoms with Gasteiger partial charge in [0.2, 0.25) is 0 Å². The van der Waals surface area contributed by atoms with E-state index in [-0.39, 0.29) is 17.9 Å². The number of carbonyl (C=O) groups excluding carboxylic acids is 1. The van der Waals surface area contributed by atoms with Crippen LogP contribution >= 0.6 is 0 Å². The van der Waals surface area contributed by atoms with Crippen molar-refractivity contribution in [3.63, 3.8) is 0 Å². The Kier molecular flexibility index (Phi) is 5.95. The molecule has 1 unspecified atom stereocenters. The van der Waals surface area contributed by atoms with Crippen molar-refractivity contribution in [1.29, 1.82) is 0 Å². The second-order valence-electron chi connectivity index (χ2n) is 6.15. The van der Waals surface area contributed by atoms with Gasteiger partial charge in [-0.2, -0.15) is 0 Å². The van der Waals surface area contributed by atoms with E-state index in [1.165, 1.54) is 17.5 Å². The molecule has 3 heteroatoms. The Hall–Kier alpha value is -1.19. The zero-order valence-corrected chi connectivity index (χ0v) is 13.4. The van der Waals surface area contributed by atoms with E-state index >= 15 is 0 Å². The van der Waals surface area contributed by atoms with Gasteiger partial charge < -0.3 is 10.1 Å². The van der Waals surface area contributed by atoms with Crippen LogP contribution in [-0.2, 0) is 17.6 Å². The molecule has 116 valence electrons. The van der Waals surface area contributed by atoms with Gasteiger partial charge in [-0.15, -0.1) is 0 Å². The summed E-state index contributed by atoms with van der Waals surface area (Å²) in [4.78, 5) is 12.4. The van der Waals surface area contributed by atoms with Crippen LogP contribution in [0.25, 0.3) is 0 Å². The maximum atomic E-state index is 12.4. The number of hydrogen-bond acceptors (Lipinski definition) is 3. The molecule has 21 heavy (non-hydrogen) atoms. The zero-order chi connectivity index (χ0) is 15.2. The molecular weight excluding hydrogens is 262 g/mol. The summed E-state index contributed by atoms with van der Waals surface area (Å²) < 4.78 is 5.49. The van der Waals surface area contributed by atoms with Crippen molar-refractivity contribution in [1.82, 2.24) is 5.32 Å². The van der Waals surface area contributed by atoms with Crippen molar-refractivity contribution < 1.29 is 9.53 Å². The first kappa shape index (κ1) is 16.2. The van der Waals surface area contributed by atoms with E-state index in [0.717, 1.165) is 38.0 Å². The molecule has 0 aliphatic heterocycles. The first-order valence-electron chi connectivity index (χ1n) is 8.09. The minimum atomic E-state index is -0.136. The molecule has 1 aliphatic carbocycles. The SMILES string of the molecule is CC(C)OCCCNC(C)C(=O)c1ccc2c(c1)CCC2. The number of aryl methyl sites for hydroxylation is 2. The van der Waals surface area contributed by atoms with E-state index in [1.54, 1.807) is 0 Å². The van der Waals surface area contributed by atoms with Gasteiger partial charge >= 0.3 is 0 Å². The highest BCUT2D eigenvalue weighted by Crippen LogP contribution is 2.23. The molecule has 0 bridgehead atoms. The van der Waals surface area contributed by atoms with Crippen LogP contribution in [0.1, 0.15) is 55.1 Å². The summed E-state index contributed by atoms with van der Waals surface area (Å²) in [7, 11) is 0. The summed E-state index contributed by atoms with van der Waals surface area (Å²) >= 11 is 0. The summed E-state index contributed by atoms with van der Waals surface area (Å²) in [6, 6.07) is 6.05. The van der Waals surface area contributed by atoms with Gasteiger partial charge in [-0.1, -0.05) is 12.1 Å². The molecule has 0 spiro atoms. The van der Waals surface area contributed by atoms with Crippen molar-refractivity contribution in [2.24, 2.45) is 0 Å². The molecule has 1 aromatic carbocycles. The van der Waals surface area contributed by atoms with Crippen LogP contribution in [0.15, 0.2) is 18.2 Å². The van der Waals surface area contributed by atoms with Crippen LogP contribution in [0.5, 0.6) is 0 Å². The van der Waals surface area contributed by atoms with Crippen LogP contribution in [0, 0.1) is 0 Å². The number of nitrogens with one attached hydrogen (secondary N) is 1. The van der Waals surface area contributed by atoms with Gasteiger partial charge in [0.15, 0.2) is 5.78 Å². The molecule has 0 fully saturated rings. The van der Waals surface area contributed by atoms with E-state index in [4.69, 9.17) is 4.74 Å². The van der Waals surface area contributed by atoms with E-state index < -0.39 is 0 Å². The standard InChI is InChI=1S/C18H27NO2/c1-13(2)21-11-5-10-19-14(3)18(20)17-9-8-15-6-4-7-16(15)12-17/h8-9,12-14,19H,4-7,10-11H2,1-3H3. The quantitative estimate of drug-likeness (QED) is 0.590. The minimum Gasteiger partial charge on any atom is -0.379 e. The summed E-state index contributed by atoms with van der Waals surface area (Å²) in [5.41, 5.74) is 3.62. The van der Waals surface area contributed by atoms with Crippen molar-refractivity contribution in [2.75, 3.05) is 13.2 Å². The largest absolute Gasteiger partial charge is 0.379 e. The molecule has 2 rings (SSSR count). The Bertz CT molecular complexity index is 482. The summed E-state index contributed by atoms with van der Waals surface area (Å²) in [6.07, 6.45) is 4.70. The fourth-order valence-corrected chi connectivity index (χ4v) is 2.78. The van der Waals surface area contributed by atoms with Gasteiger partial charge in [-0.25, -0.2) is 0 Å². The molecule has 1 atom stereocenters. The lowest BCUT2D eigenvalue weighted by atomic mass is 10.0. The molecule has 1 N–H and O–H groups in total. The number of benzene rings is 1. The highest BCUT2D eigenvalue weighted by Gasteiger charge is 2.17. The number of Topliss-reactive ketones (excluding diaryl/α,β-unsaturated/α-hetero) is 1. The molecule has 1 aliphatic rings. The van der Waals surface area contributed by atoms with Crippen LogP contribution in [-0.4, -0.2) is 31.1 Å². The number of carbonyl (C=O) groups is 1. The molecule has 0 radical (unpaired) electrons. The fourth-order valence-electron chi connectivity index (χ4n) is 2.78. The Labute approximate surface area is 128 Å². The average molecular weight is 289 g/mol. The third-order valence-corrected chi connectivity index (χ3v) is 4.00. The van der Waals surface area contributed by atoms with Crippen LogP contribution < -0.4 is 5.32 Å². The van der Waals surface area contributed by atoms with Gasteiger partial charge in [0, 0.05) is 12.2 Å². The van der Waals surface area contributed by atoms with E-state index in [1.807, 2.05) is 26.8 Å². The number of fused-ring (bicyclic) bond motifs is 1. The van der Waals surface area contributed by atoms with E-state index in [9.17, 15) is 4.79 Å². The van der Waals surface area contributed by atoms with Crippen LogP contribution in [0.2, 0.25) is 0 Å². The maximum absolute atomic E-state index is 12.4. The predicted molar refractivity (Wildman–Crippen MR) is 86.0 cm³/mol. The Morgan fingerprint density at radius 1 is 1.24 bits per heavy atom. The lowest BCUT2D eigenvalue weighted by Crippen LogP contribution is -2.35. The molecule has 0 saturated carbocycles. The Morgan fingerprint density at radius 2 is 2.00 bits per heavy atom. The Balaban J connectivity index is 1.79. The van der Waals surface area contributed by atoms with Crippen molar-refractivity contribution in [3.05, 3.63) is 34.9 Å². The van der Waals surface area contributed by atoms with Crippen LogP contribution in [0.3, 0.4) is 0 Å². The normalized spacial score (nSPS) is 15.2. The highest BCUT2D eigenvalue weighted by molar-refractivity contribution is 6.00. The second-order valence-corrected chi connectivity index (χ2v) is 6.15. The van der Waals surface area contributed by atoms with Crippen molar-refractivity contribution in [2.45, 2.75) is 58.6 Å². The smallest absolute Gasteiger partial charge is 0.179 e. The molecule has 3 nitrogen and oxygen atoms in total. The second kappa shape index (κ2) is 7.71. The zero-order valence-electron chi connectivity index (χ0n) is 13.4. The number of ketones is 1. The first-order chi connectivity index (χ1) is 10.1. The van der Waals surface area contributed by atoms with Crippen molar-refractivity contribution >= 4 is 5.78 Å². The molecule has 0 aromatic heterocycles. The lowest BCUT2D eigenvalue weighted by molar-refractivity contribution is 0.0760. The highest BCUT2D eigenvalue weighted by atomic mass is 16.5. The van der Waals surface area contributed by atoms with Gasteiger partial charge in [-0.3, -0.25) is 4.79 Å². The topological polar surface area (TPSA) is 38.3 Å². The molecule has 0 saturated heterocycles. The number of ether oxygens (including phenoxy) is 1. The maximum Gasteiger partial charge on any atom is 0.179 e. The van der Waals surface area contributed by atoms with E-state index in [0.29, 0.717) is 0 Å².